The van der Waals surface area contributed by atoms with Crippen LogP contribution in [0.2, 0.25) is 0 Å². The summed E-state index contributed by atoms with van der Waals surface area (Å²) in [5, 5.41) is 6.77. The molecule has 0 spiro atoms. The maximum atomic E-state index is 5.84. The van der Waals surface area contributed by atoms with Crippen molar-refractivity contribution >= 4 is 5.96 Å². The first-order valence-corrected chi connectivity index (χ1v) is 7.70. The second kappa shape index (κ2) is 8.97. The first-order chi connectivity index (χ1) is 9.88. The Morgan fingerprint density at radius 1 is 1.30 bits per heavy atom. The van der Waals surface area contributed by atoms with Crippen molar-refractivity contribution in [2.45, 2.75) is 44.2 Å². The average Bonchev–Trinajstić information content (AvgIpc) is 3.00. The lowest BCUT2D eigenvalue weighted by atomic mass is 10.1. The molecule has 0 bridgehead atoms. The number of nitrogens with zero attached hydrogens (tertiary/aromatic N) is 1. The van der Waals surface area contributed by atoms with Crippen molar-refractivity contribution in [1.29, 1.82) is 0 Å². The zero-order valence-electron chi connectivity index (χ0n) is 12.4. The maximum Gasteiger partial charge on any atom is 0.191 e. The molecule has 1 aliphatic carbocycles. The largest absolute Gasteiger partial charge is 0.381 e. The van der Waals surface area contributed by atoms with E-state index in [2.05, 4.69) is 27.8 Å². The molecule has 2 rings (SSSR count). The van der Waals surface area contributed by atoms with Gasteiger partial charge in [0.25, 0.3) is 0 Å². The van der Waals surface area contributed by atoms with E-state index in [1.165, 1.54) is 0 Å². The molecular weight excluding hydrogens is 254 g/mol. The van der Waals surface area contributed by atoms with E-state index in [4.69, 9.17) is 9.47 Å². The molecule has 0 aromatic carbocycles. The highest BCUT2D eigenvalue weighted by molar-refractivity contribution is 5.80. The summed E-state index contributed by atoms with van der Waals surface area (Å²) in [5.41, 5.74) is 0. The van der Waals surface area contributed by atoms with Crippen molar-refractivity contribution in [2.75, 3.05) is 33.4 Å². The summed E-state index contributed by atoms with van der Waals surface area (Å²) in [7, 11) is 1.82. The number of guanidine groups is 1. The van der Waals surface area contributed by atoms with E-state index in [9.17, 15) is 0 Å². The van der Waals surface area contributed by atoms with Crippen LogP contribution in [0, 0.1) is 0 Å². The fourth-order valence-electron chi connectivity index (χ4n) is 2.49. The molecule has 5 nitrogen and oxygen atoms in total. The molecule has 0 unspecified atom stereocenters. The average molecular weight is 281 g/mol. The van der Waals surface area contributed by atoms with Gasteiger partial charge in [0.2, 0.25) is 0 Å². The van der Waals surface area contributed by atoms with Gasteiger partial charge in [-0.15, -0.1) is 0 Å². The summed E-state index contributed by atoms with van der Waals surface area (Å²) < 4.78 is 11.2. The van der Waals surface area contributed by atoms with E-state index < -0.39 is 0 Å². The minimum atomic E-state index is 0.394. The standard InChI is InChI=1S/C15H27N3O2/c1-16-15(18-13-5-2-3-6-13)17-9-4-10-20-14-7-11-19-12-8-14/h2-3,13-14H,4-12H2,1H3,(H2,16,17,18). The lowest BCUT2D eigenvalue weighted by Crippen LogP contribution is -2.43. The lowest BCUT2D eigenvalue weighted by Gasteiger charge is -2.22. The third kappa shape index (κ3) is 5.51. The summed E-state index contributed by atoms with van der Waals surface area (Å²) in [6.07, 6.45) is 10.1. The number of hydrogen-bond acceptors (Lipinski definition) is 3. The molecule has 0 amide bonds. The summed E-state index contributed by atoms with van der Waals surface area (Å²) in [6.45, 7) is 3.38. The third-order valence-electron chi connectivity index (χ3n) is 3.71. The second-order valence-corrected chi connectivity index (χ2v) is 5.32. The van der Waals surface area contributed by atoms with Gasteiger partial charge in [0.1, 0.15) is 0 Å². The van der Waals surface area contributed by atoms with E-state index in [1.54, 1.807) is 0 Å². The lowest BCUT2D eigenvalue weighted by molar-refractivity contribution is -0.0320. The predicted molar refractivity (Wildman–Crippen MR) is 81.1 cm³/mol. The van der Waals surface area contributed by atoms with Gasteiger partial charge in [-0.1, -0.05) is 12.2 Å². The Kier molecular flexibility index (Phi) is 6.88. The van der Waals surface area contributed by atoms with Crippen molar-refractivity contribution in [3.63, 3.8) is 0 Å². The molecule has 1 aliphatic heterocycles. The van der Waals surface area contributed by atoms with Crippen molar-refractivity contribution in [3.8, 4) is 0 Å². The highest BCUT2D eigenvalue weighted by Gasteiger charge is 2.14. The van der Waals surface area contributed by atoms with Crippen LogP contribution in [0.15, 0.2) is 17.1 Å². The van der Waals surface area contributed by atoms with Crippen molar-refractivity contribution in [1.82, 2.24) is 10.6 Å². The number of ether oxygens (including phenoxy) is 2. The summed E-state index contributed by atoms with van der Waals surface area (Å²) in [5.74, 6) is 0.893. The van der Waals surface area contributed by atoms with Crippen LogP contribution in [0.1, 0.15) is 32.1 Å². The van der Waals surface area contributed by atoms with Gasteiger partial charge in [-0.3, -0.25) is 4.99 Å². The van der Waals surface area contributed by atoms with Gasteiger partial charge in [-0.05, 0) is 32.1 Å². The molecular formula is C15H27N3O2. The fraction of sp³-hybridized carbons (Fsp3) is 0.800. The molecule has 1 heterocycles. The van der Waals surface area contributed by atoms with Crippen LogP contribution in [0.4, 0.5) is 0 Å². The van der Waals surface area contributed by atoms with Gasteiger partial charge >= 0.3 is 0 Å². The number of hydrogen-bond donors (Lipinski definition) is 2. The Morgan fingerprint density at radius 2 is 2.05 bits per heavy atom. The second-order valence-electron chi connectivity index (χ2n) is 5.32. The highest BCUT2D eigenvalue weighted by Crippen LogP contribution is 2.10. The van der Waals surface area contributed by atoms with E-state index in [0.29, 0.717) is 12.1 Å². The van der Waals surface area contributed by atoms with Crippen LogP contribution >= 0.6 is 0 Å². The highest BCUT2D eigenvalue weighted by atomic mass is 16.5. The molecule has 0 aromatic heterocycles. The fourth-order valence-corrected chi connectivity index (χ4v) is 2.49. The van der Waals surface area contributed by atoms with Gasteiger partial charge in [-0.2, -0.15) is 0 Å². The van der Waals surface area contributed by atoms with Crippen LogP contribution in [-0.2, 0) is 9.47 Å². The monoisotopic (exact) mass is 281 g/mol. The smallest absolute Gasteiger partial charge is 0.191 e. The van der Waals surface area contributed by atoms with Crippen LogP contribution in [0.5, 0.6) is 0 Å². The third-order valence-corrected chi connectivity index (χ3v) is 3.71. The van der Waals surface area contributed by atoms with Crippen LogP contribution < -0.4 is 10.6 Å². The van der Waals surface area contributed by atoms with Crippen molar-refractivity contribution in [2.24, 2.45) is 4.99 Å². The van der Waals surface area contributed by atoms with Crippen molar-refractivity contribution in [3.05, 3.63) is 12.2 Å². The normalized spacial score (nSPS) is 21.4. The SMILES string of the molecule is CN=C(NCCCOC1CCOCC1)NC1CC=CC1. The summed E-state index contributed by atoms with van der Waals surface area (Å²) in [6, 6.07) is 0.500. The van der Waals surface area contributed by atoms with E-state index >= 15 is 0 Å². The Morgan fingerprint density at radius 3 is 2.75 bits per heavy atom. The van der Waals surface area contributed by atoms with E-state index in [1.807, 2.05) is 7.05 Å². The van der Waals surface area contributed by atoms with E-state index in [0.717, 1.165) is 64.4 Å². The molecule has 2 aliphatic rings. The minimum absolute atomic E-state index is 0.394. The Balaban J connectivity index is 1.50. The molecule has 1 saturated heterocycles. The van der Waals surface area contributed by atoms with Gasteiger partial charge in [0.05, 0.1) is 6.10 Å². The van der Waals surface area contributed by atoms with Crippen LogP contribution in [0.3, 0.4) is 0 Å². The Bertz CT molecular complexity index is 317. The number of rotatable bonds is 6. The zero-order valence-corrected chi connectivity index (χ0v) is 12.4. The topological polar surface area (TPSA) is 54.9 Å². The molecule has 0 atom stereocenters. The molecule has 0 saturated carbocycles. The molecule has 2 N–H and O–H groups in total. The first-order valence-electron chi connectivity index (χ1n) is 7.70. The summed E-state index contributed by atoms with van der Waals surface area (Å²) >= 11 is 0. The number of nitrogens with one attached hydrogen (secondary N) is 2. The maximum absolute atomic E-state index is 5.84. The molecule has 0 radical (unpaired) electrons. The molecule has 20 heavy (non-hydrogen) atoms. The quantitative estimate of drug-likeness (QED) is 0.335. The molecule has 114 valence electrons. The molecule has 1 fully saturated rings. The minimum Gasteiger partial charge on any atom is -0.381 e. The Hall–Kier alpha value is -1.07. The zero-order chi connectivity index (χ0) is 14.0. The van der Waals surface area contributed by atoms with Gasteiger partial charge in [-0.25, -0.2) is 0 Å². The first kappa shape index (κ1) is 15.3. The van der Waals surface area contributed by atoms with Gasteiger partial charge in [0.15, 0.2) is 5.96 Å². The molecule has 5 heteroatoms. The van der Waals surface area contributed by atoms with Gasteiger partial charge in [0, 0.05) is 39.5 Å². The van der Waals surface area contributed by atoms with Crippen molar-refractivity contribution < 1.29 is 9.47 Å². The predicted octanol–water partition coefficient (Wildman–Crippen LogP) is 1.46. The molecule has 0 aromatic rings. The van der Waals surface area contributed by atoms with Crippen LogP contribution in [-0.4, -0.2) is 51.5 Å². The number of aliphatic imine (C=N–C) groups is 1. The van der Waals surface area contributed by atoms with Gasteiger partial charge < -0.3 is 20.1 Å². The summed E-state index contributed by atoms with van der Waals surface area (Å²) in [4.78, 5) is 4.25. The van der Waals surface area contributed by atoms with E-state index in [-0.39, 0.29) is 0 Å². The Labute approximate surface area is 121 Å². The van der Waals surface area contributed by atoms with Crippen LogP contribution in [0.25, 0.3) is 0 Å².